The molecule has 3 nitrogen and oxygen atoms in total. The first-order valence-corrected chi connectivity index (χ1v) is 4.05. The highest BCUT2D eigenvalue weighted by Crippen LogP contribution is 2.10. The third-order valence-corrected chi connectivity index (χ3v) is 1.28. The maximum Gasteiger partial charge on any atom is 0.130 e. The molecule has 1 N–H and O–H groups in total. The fourth-order valence-electron chi connectivity index (χ4n) is 0.910. The lowest BCUT2D eigenvalue weighted by atomic mass is 10.1. The van der Waals surface area contributed by atoms with Gasteiger partial charge in [0.25, 0.3) is 0 Å². The van der Waals surface area contributed by atoms with Gasteiger partial charge < -0.3 is 5.32 Å². The van der Waals surface area contributed by atoms with Crippen LogP contribution in [0, 0.1) is 6.92 Å². The van der Waals surface area contributed by atoms with Gasteiger partial charge >= 0.3 is 0 Å². The van der Waals surface area contributed by atoms with Gasteiger partial charge in [-0.1, -0.05) is 0 Å². The molecule has 0 aliphatic rings. The second-order valence-corrected chi connectivity index (χ2v) is 3.86. The normalized spacial score (nSPS) is 11.3. The van der Waals surface area contributed by atoms with Gasteiger partial charge in [-0.3, -0.25) is 0 Å². The third-order valence-electron chi connectivity index (χ3n) is 1.28. The summed E-state index contributed by atoms with van der Waals surface area (Å²) in [5.74, 6) is 1.68. The summed E-state index contributed by atoms with van der Waals surface area (Å²) in [6, 6.07) is 1.87. The summed E-state index contributed by atoms with van der Waals surface area (Å²) in [6.45, 7) is 8.19. The number of hydrogen-bond acceptors (Lipinski definition) is 3. The molecule has 0 saturated heterocycles. The minimum absolute atomic E-state index is 0.0563. The number of aromatic nitrogens is 2. The van der Waals surface area contributed by atoms with Crippen LogP contribution in [-0.4, -0.2) is 15.5 Å². The molecule has 12 heavy (non-hydrogen) atoms. The summed E-state index contributed by atoms with van der Waals surface area (Å²) < 4.78 is 0. The van der Waals surface area contributed by atoms with E-state index in [0.717, 1.165) is 11.6 Å². The molecule has 66 valence electrons. The highest BCUT2D eigenvalue weighted by Gasteiger charge is 2.09. The molecule has 0 aliphatic heterocycles. The molecule has 3 heteroatoms. The Hall–Kier alpha value is -1.12. The van der Waals surface area contributed by atoms with E-state index >= 15 is 0 Å². The van der Waals surface area contributed by atoms with Crippen molar-refractivity contribution in [2.45, 2.75) is 33.2 Å². The van der Waals surface area contributed by atoms with Crippen LogP contribution in [0.5, 0.6) is 0 Å². The number of nitrogens with zero attached hydrogens (tertiary/aromatic N) is 2. The lowest BCUT2D eigenvalue weighted by Crippen LogP contribution is -2.26. The van der Waals surface area contributed by atoms with Gasteiger partial charge in [-0.15, -0.1) is 0 Å². The van der Waals surface area contributed by atoms with E-state index in [4.69, 9.17) is 0 Å². The number of aryl methyl sites for hydroxylation is 1. The maximum absolute atomic E-state index is 4.24. The van der Waals surface area contributed by atoms with E-state index in [2.05, 4.69) is 36.1 Å². The number of nitrogens with one attached hydrogen (secondary N) is 1. The van der Waals surface area contributed by atoms with Crippen molar-refractivity contribution < 1.29 is 0 Å². The molecule has 0 spiro atoms. The highest BCUT2D eigenvalue weighted by molar-refractivity contribution is 5.35. The Morgan fingerprint density at radius 3 is 2.50 bits per heavy atom. The van der Waals surface area contributed by atoms with Crippen LogP contribution in [0.3, 0.4) is 0 Å². The zero-order valence-corrected chi connectivity index (χ0v) is 8.05. The molecular weight excluding hydrogens is 150 g/mol. The SMILES string of the molecule is Cc1nccc(NC(C)(C)C)n1. The van der Waals surface area contributed by atoms with Gasteiger partial charge in [0, 0.05) is 11.7 Å². The Morgan fingerprint density at radius 2 is 2.00 bits per heavy atom. The van der Waals surface area contributed by atoms with Crippen molar-refractivity contribution >= 4 is 5.82 Å². The van der Waals surface area contributed by atoms with Crippen LogP contribution >= 0.6 is 0 Å². The van der Waals surface area contributed by atoms with E-state index in [1.807, 2.05) is 13.0 Å². The molecule has 1 rings (SSSR count). The van der Waals surface area contributed by atoms with Gasteiger partial charge in [0.2, 0.25) is 0 Å². The molecular formula is C9H15N3. The Morgan fingerprint density at radius 1 is 1.33 bits per heavy atom. The predicted octanol–water partition coefficient (Wildman–Crippen LogP) is 2.00. The third kappa shape index (κ3) is 2.86. The van der Waals surface area contributed by atoms with Crippen LogP contribution in [0.2, 0.25) is 0 Å². The number of anilines is 1. The molecule has 1 aromatic rings. The molecule has 0 radical (unpaired) electrons. The smallest absolute Gasteiger partial charge is 0.130 e. The summed E-state index contributed by atoms with van der Waals surface area (Å²) in [5.41, 5.74) is 0.0563. The summed E-state index contributed by atoms with van der Waals surface area (Å²) in [6.07, 6.45) is 1.76. The van der Waals surface area contributed by atoms with Crippen molar-refractivity contribution in [1.82, 2.24) is 9.97 Å². The van der Waals surface area contributed by atoms with Crippen molar-refractivity contribution in [2.24, 2.45) is 0 Å². The quantitative estimate of drug-likeness (QED) is 0.691. The molecule has 0 unspecified atom stereocenters. The zero-order valence-electron chi connectivity index (χ0n) is 8.05. The minimum atomic E-state index is 0.0563. The number of rotatable bonds is 1. The van der Waals surface area contributed by atoms with Crippen LogP contribution in [0.1, 0.15) is 26.6 Å². The second-order valence-electron chi connectivity index (χ2n) is 3.86. The Bertz CT molecular complexity index is 263. The Kier molecular flexibility index (Phi) is 2.31. The Balaban J connectivity index is 2.77. The molecule has 0 fully saturated rings. The Labute approximate surface area is 73.2 Å². The van der Waals surface area contributed by atoms with Crippen molar-refractivity contribution in [3.8, 4) is 0 Å². The molecule has 0 bridgehead atoms. The predicted molar refractivity (Wildman–Crippen MR) is 50.1 cm³/mol. The van der Waals surface area contributed by atoms with E-state index in [9.17, 15) is 0 Å². The van der Waals surface area contributed by atoms with Gasteiger partial charge in [0.05, 0.1) is 0 Å². The molecule has 0 aliphatic carbocycles. The van der Waals surface area contributed by atoms with Crippen LogP contribution in [0.15, 0.2) is 12.3 Å². The van der Waals surface area contributed by atoms with E-state index in [1.54, 1.807) is 6.20 Å². The van der Waals surface area contributed by atoms with Crippen molar-refractivity contribution in [3.05, 3.63) is 18.1 Å². The van der Waals surface area contributed by atoms with Gasteiger partial charge in [-0.05, 0) is 33.8 Å². The molecule has 1 aromatic heterocycles. The molecule has 1 heterocycles. The maximum atomic E-state index is 4.24. The standard InChI is InChI=1S/C9H15N3/c1-7-10-6-5-8(11-7)12-9(2,3)4/h5-6H,1-4H3,(H,10,11,12). The molecule has 0 saturated carbocycles. The minimum Gasteiger partial charge on any atom is -0.365 e. The van der Waals surface area contributed by atoms with Crippen LogP contribution < -0.4 is 5.32 Å². The highest BCUT2D eigenvalue weighted by atomic mass is 15.1. The first kappa shape index (κ1) is 8.97. The first-order valence-electron chi connectivity index (χ1n) is 4.05. The van der Waals surface area contributed by atoms with Crippen LogP contribution in [0.4, 0.5) is 5.82 Å². The first-order chi connectivity index (χ1) is 5.47. The summed E-state index contributed by atoms with van der Waals surface area (Å²) in [5, 5.41) is 3.27. The summed E-state index contributed by atoms with van der Waals surface area (Å²) in [4.78, 5) is 8.26. The topological polar surface area (TPSA) is 37.8 Å². The monoisotopic (exact) mass is 165 g/mol. The van der Waals surface area contributed by atoms with Crippen molar-refractivity contribution in [3.63, 3.8) is 0 Å². The molecule has 0 atom stereocenters. The lowest BCUT2D eigenvalue weighted by molar-refractivity contribution is 0.629. The molecule has 0 aromatic carbocycles. The molecule has 0 amide bonds. The largest absolute Gasteiger partial charge is 0.365 e. The number of hydrogen-bond donors (Lipinski definition) is 1. The fourth-order valence-corrected chi connectivity index (χ4v) is 0.910. The van der Waals surface area contributed by atoms with E-state index in [-0.39, 0.29) is 5.54 Å². The van der Waals surface area contributed by atoms with Gasteiger partial charge in [-0.2, -0.15) is 0 Å². The van der Waals surface area contributed by atoms with Gasteiger partial charge in [0.15, 0.2) is 0 Å². The van der Waals surface area contributed by atoms with E-state index in [0.29, 0.717) is 0 Å². The van der Waals surface area contributed by atoms with Crippen LogP contribution in [-0.2, 0) is 0 Å². The fraction of sp³-hybridized carbons (Fsp3) is 0.556. The zero-order chi connectivity index (χ0) is 9.19. The van der Waals surface area contributed by atoms with Gasteiger partial charge in [0.1, 0.15) is 11.6 Å². The van der Waals surface area contributed by atoms with E-state index < -0.39 is 0 Å². The van der Waals surface area contributed by atoms with Crippen molar-refractivity contribution in [2.75, 3.05) is 5.32 Å². The second kappa shape index (κ2) is 3.09. The summed E-state index contributed by atoms with van der Waals surface area (Å²) >= 11 is 0. The average molecular weight is 165 g/mol. The van der Waals surface area contributed by atoms with Crippen molar-refractivity contribution in [1.29, 1.82) is 0 Å². The van der Waals surface area contributed by atoms with Crippen LogP contribution in [0.25, 0.3) is 0 Å². The summed E-state index contributed by atoms with van der Waals surface area (Å²) in [7, 11) is 0. The van der Waals surface area contributed by atoms with Gasteiger partial charge in [-0.25, -0.2) is 9.97 Å². The van der Waals surface area contributed by atoms with E-state index in [1.165, 1.54) is 0 Å². The average Bonchev–Trinajstić information content (AvgIpc) is 1.82. The lowest BCUT2D eigenvalue weighted by Gasteiger charge is -2.21.